The molecule has 0 aliphatic rings. The van der Waals surface area contributed by atoms with Crippen LogP contribution in [0.4, 0.5) is 0 Å². The lowest BCUT2D eigenvalue weighted by Gasteiger charge is -2.12. The van der Waals surface area contributed by atoms with Crippen molar-refractivity contribution in [3.8, 4) is 17.2 Å². The Morgan fingerprint density at radius 3 is 2.38 bits per heavy atom. The highest BCUT2D eigenvalue weighted by atomic mass is 16.6. The van der Waals surface area contributed by atoms with Crippen LogP contribution in [0.15, 0.2) is 42.5 Å². The zero-order valence-electron chi connectivity index (χ0n) is 17.0. The summed E-state index contributed by atoms with van der Waals surface area (Å²) in [6.07, 6.45) is 0. The molecule has 7 nitrogen and oxygen atoms in total. The summed E-state index contributed by atoms with van der Waals surface area (Å²) in [6.45, 7) is 6.72. The molecule has 2 rings (SSSR count). The zero-order valence-corrected chi connectivity index (χ0v) is 17.0. The van der Waals surface area contributed by atoms with Crippen LogP contribution >= 0.6 is 0 Å². The second-order valence-corrected chi connectivity index (χ2v) is 6.10. The standard InChI is InChI=1S/C22H27NO6/c1-4-26-19-10-9-17(14-20(19)27-5-2)22(25)23-15-21(24)29-12-11-28-18-8-6-7-16(3)13-18/h6-10,13-14H,4-5,11-12,15H2,1-3H3,(H,23,25). The van der Waals surface area contributed by atoms with Gasteiger partial charge in [-0.2, -0.15) is 0 Å². The lowest BCUT2D eigenvalue weighted by atomic mass is 10.2. The lowest BCUT2D eigenvalue weighted by molar-refractivity contribution is -0.143. The number of nitrogens with one attached hydrogen (secondary N) is 1. The lowest BCUT2D eigenvalue weighted by Crippen LogP contribution is -2.31. The van der Waals surface area contributed by atoms with E-state index < -0.39 is 11.9 Å². The van der Waals surface area contributed by atoms with E-state index in [1.165, 1.54) is 0 Å². The molecule has 2 aromatic rings. The van der Waals surface area contributed by atoms with Crippen molar-refractivity contribution in [2.45, 2.75) is 20.8 Å². The fourth-order valence-electron chi connectivity index (χ4n) is 2.52. The second kappa shape index (κ2) is 11.6. The van der Waals surface area contributed by atoms with E-state index >= 15 is 0 Å². The molecule has 156 valence electrons. The molecule has 0 radical (unpaired) electrons. The van der Waals surface area contributed by atoms with Crippen molar-refractivity contribution in [3.63, 3.8) is 0 Å². The highest BCUT2D eigenvalue weighted by molar-refractivity contribution is 5.96. The molecule has 0 saturated carbocycles. The van der Waals surface area contributed by atoms with E-state index in [1.54, 1.807) is 18.2 Å². The molecule has 29 heavy (non-hydrogen) atoms. The number of aryl methyl sites for hydroxylation is 1. The third-order valence-corrected chi connectivity index (χ3v) is 3.80. The van der Waals surface area contributed by atoms with Gasteiger partial charge in [0.15, 0.2) is 11.5 Å². The first-order valence-corrected chi connectivity index (χ1v) is 9.56. The number of carbonyl (C=O) groups excluding carboxylic acids is 2. The van der Waals surface area contributed by atoms with E-state index in [1.807, 2.05) is 45.0 Å². The van der Waals surface area contributed by atoms with Gasteiger partial charge >= 0.3 is 5.97 Å². The molecular weight excluding hydrogens is 374 g/mol. The summed E-state index contributed by atoms with van der Waals surface area (Å²) in [7, 11) is 0. The third-order valence-electron chi connectivity index (χ3n) is 3.80. The number of esters is 1. The van der Waals surface area contributed by atoms with Gasteiger partial charge in [0.05, 0.1) is 13.2 Å². The van der Waals surface area contributed by atoms with Crippen LogP contribution in [-0.4, -0.2) is 44.8 Å². The summed E-state index contributed by atoms with van der Waals surface area (Å²) in [6, 6.07) is 12.5. The van der Waals surface area contributed by atoms with Crippen LogP contribution in [0.5, 0.6) is 17.2 Å². The van der Waals surface area contributed by atoms with Crippen LogP contribution < -0.4 is 19.5 Å². The smallest absolute Gasteiger partial charge is 0.325 e. The van der Waals surface area contributed by atoms with E-state index in [2.05, 4.69) is 5.32 Å². The van der Waals surface area contributed by atoms with Crippen molar-refractivity contribution in [2.24, 2.45) is 0 Å². The minimum atomic E-state index is -0.540. The Morgan fingerprint density at radius 1 is 0.897 bits per heavy atom. The maximum atomic E-state index is 12.3. The summed E-state index contributed by atoms with van der Waals surface area (Å²) in [5, 5.41) is 2.53. The van der Waals surface area contributed by atoms with Crippen molar-refractivity contribution in [3.05, 3.63) is 53.6 Å². The number of carbonyl (C=O) groups is 2. The van der Waals surface area contributed by atoms with E-state index in [-0.39, 0.29) is 19.8 Å². The molecule has 0 spiro atoms. The largest absolute Gasteiger partial charge is 0.490 e. The SMILES string of the molecule is CCOc1ccc(C(=O)NCC(=O)OCCOc2cccc(C)c2)cc1OCC. The van der Waals surface area contributed by atoms with E-state index in [0.29, 0.717) is 30.3 Å². The molecule has 0 aromatic heterocycles. The fraction of sp³-hybridized carbons (Fsp3) is 0.364. The molecule has 0 atom stereocenters. The first-order chi connectivity index (χ1) is 14.0. The topological polar surface area (TPSA) is 83.1 Å². The normalized spacial score (nSPS) is 10.2. The Labute approximate surface area is 170 Å². The Balaban J connectivity index is 1.76. The molecule has 0 bridgehead atoms. The summed E-state index contributed by atoms with van der Waals surface area (Å²) < 4.78 is 21.6. The average molecular weight is 401 g/mol. The van der Waals surface area contributed by atoms with Crippen LogP contribution in [0.2, 0.25) is 0 Å². The minimum Gasteiger partial charge on any atom is -0.490 e. The highest BCUT2D eigenvalue weighted by Gasteiger charge is 2.13. The van der Waals surface area contributed by atoms with Crippen LogP contribution in [0.25, 0.3) is 0 Å². The maximum Gasteiger partial charge on any atom is 0.325 e. The fourth-order valence-corrected chi connectivity index (χ4v) is 2.52. The van der Waals surface area contributed by atoms with Crippen LogP contribution in [-0.2, 0) is 9.53 Å². The number of hydrogen-bond acceptors (Lipinski definition) is 6. The predicted molar refractivity (Wildman–Crippen MR) is 109 cm³/mol. The van der Waals surface area contributed by atoms with Gasteiger partial charge in [-0.15, -0.1) is 0 Å². The molecule has 1 N–H and O–H groups in total. The summed E-state index contributed by atoms with van der Waals surface area (Å²) in [4.78, 5) is 24.1. The summed E-state index contributed by atoms with van der Waals surface area (Å²) in [5.74, 6) is 0.830. The first kappa shape index (κ1) is 22.1. The van der Waals surface area contributed by atoms with E-state index in [9.17, 15) is 9.59 Å². The van der Waals surface area contributed by atoms with Crippen molar-refractivity contribution in [1.29, 1.82) is 0 Å². The van der Waals surface area contributed by atoms with Gasteiger partial charge in [0.1, 0.15) is 25.5 Å². The number of rotatable bonds is 11. The summed E-state index contributed by atoms with van der Waals surface area (Å²) in [5.41, 5.74) is 1.46. The molecule has 0 aliphatic heterocycles. The molecule has 2 aromatic carbocycles. The monoisotopic (exact) mass is 401 g/mol. The Morgan fingerprint density at radius 2 is 1.66 bits per heavy atom. The Bertz CT molecular complexity index is 821. The van der Waals surface area contributed by atoms with Crippen LogP contribution in [0.3, 0.4) is 0 Å². The zero-order chi connectivity index (χ0) is 21.1. The van der Waals surface area contributed by atoms with Gasteiger partial charge in [0.2, 0.25) is 0 Å². The van der Waals surface area contributed by atoms with E-state index in [4.69, 9.17) is 18.9 Å². The number of amides is 1. The molecule has 0 unspecified atom stereocenters. The predicted octanol–water partition coefficient (Wildman–Crippen LogP) is 3.14. The van der Waals surface area contributed by atoms with Gasteiger partial charge in [-0.25, -0.2) is 0 Å². The number of hydrogen-bond donors (Lipinski definition) is 1. The van der Waals surface area contributed by atoms with Gasteiger partial charge in [0.25, 0.3) is 5.91 Å². The van der Waals surface area contributed by atoms with Crippen molar-refractivity contribution in [2.75, 3.05) is 33.0 Å². The Kier molecular flexibility index (Phi) is 8.82. The number of ether oxygens (including phenoxy) is 4. The van der Waals surface area contributed by atoms with Gasteiger partial charge < -0.3 is 24.3 Å². The van der Waals surface area contributed by atoms with Gasteiger partial charge in [0, 0.05) is 5.56 Å². The van der Waals surface area contributed by atoms with Crippen LogP contribution in [0, 0.1) is 6.92 Å². The Hall–Kier alpha value is -3.22. The molecule has 1 amide bonds. The molecule has 0 fully saturated rings. The van der Waals surface area contributed by atoms with Crippen molar-refractivity contribution < 1.29 is 28.5 Å². The summed E-state index contributed by atoms with van der Waals surface area (Å²) >= 11 is 0. The second-order valence-electron chi connectivity index (χ2n) is 6.10. The molecule has 7 heteroatoms. The highest BCUT2D eigenvalue weighted by Crippen LogP contribution is 2.28. The molecule has 0 saturated heterocycles. The number of benzene rings is 2. The molecule has 0 aliphatic carbocycles. The first-order valence-electron chi connectivity index (χ1n) is 9.56. The molecular formula is C22H27NO6. The van der Waals surface area contributed by atoms with Crippen LogP contribution in [0.1, 0.15) is 29.8 Å². The molecule has 0 heterocycles. The van der Waals surface area contributed by atoms with Crippen molar-refractivity contribution >= 4 is 11.9 Å². The third kappa shape index (κ3) is 7.37. The maximum absolute atomic E-state index is 12.3. The quantitative estimate of drug-likeness (QED) is 0.460. The van der Waals surface area contributed by atoms with Gasteiger partial charge in [-0.3, -0.25) is 9.59 Å². The van der Waals surface area contributed by atoms with E-state index in [0.717, 1.165) is 11.3 Å². The van der Waals surface area contributed by atoms with Gasteiger partial charge in [-0.05, 0) is 56.7 Å². The van der Waals surface area contributed by atoms with Crippen molar-refractivity contribution in [1.82, 2.24) is 5.32 Å². The minimum absolute atomic E-state index is 0.0974. The average Bonchev–Trinajstić information content (AvgIpc) is 2.71. The van der Waals surface area contributed by atoms with Gasteiger partial charge in [-0.1, -0.05) is 12.1 Å².